The normalized spacial score (nSPS) is 10.7. The van der Waals surface area contributed by atoms with Crippen molar-refractivity contribution in [2.45, 2.75) is 20.5 Å². The highest BCUT2D eigenvalue weighted by atomic mass is 35.5. The molecule has 0 saturated carbocycles. The third kappa shape index (κ3) is 3.80. The third-order valence-corrected chi connectivity index (χ3v) is 3.94. The second-order valence-corrected chi connectivity index (χ2v) is 6.10. The van der Waals surface area contributed by atoms with Crippen molar-refractivity contribution in [2.75, 3.05) is 0 Å². The van der Waals surface area contributed by atoms with Gasteiger partial charge in [0.25, 0.3) is 0 Å². The molecule has 0 saturated heterocycles. The number of aryl methyl sites for hydroxylation is 2. The molecule has 0 unspecified atom stereocenters. The quantitative estimate of drug-likeness (QED) is 0.493. The summed E-state index contributed by atoms with van der Waals surface area (Å²) in [6, 6.07) is 14.1. The number of ether oxygens (including phenoxy) is 1. The lowest BCUT2D eigenvalue weighted by atomic mass is 10.2. The molecule has 0 bridgehead atoms. The van der Waals surface area contributed by atoms with Crippen molar-refractivity contribution < 1.29 is 9.66 Å². The van der Waals surface area contributed by atoms with E-state index in [1.807, 2.05) is 48.9 Å². The van der Waals surface area contributed by atoms with Gasteiger partial charge in [-0.05, 0) is 49.7 Å². The van der Waals surface area contributed by atoms with Crippen LogP contribution in [0.1, 0.15) is 17.0 Å². The van der Waals surface area contributed by atoms with Crippen molar-refractivity contribution >= 4 is 17.3 Å². The van der Waals surface area contributed by atoms with E-state index >= 15 is 0 Å². The average Bonchev–Trinajstić information content (AvgIpc) is 2.92. The van der Waals surface area contributed by atoms with Gasteiger partial charge in [-0.2, -0.15) is 5.10 Å². The second-order valence-electron chi connectivity index (χ2n) is 5.66. The summed E-state index contributed by atoms with van der Waals surface area (Å²) in [5.41, 5.74) is 3.71. The van der Waals surface area contributed by atoms with Crippen LogP contribution in [0.25, 0.3) is 5.69 Å². The van der Waals surface area contributed by atoms with E-state index in [2.05, 4.69) is 5.10 Å². The standard InChI is InChI=1S/C18H16ClN3O3/c1-12-9-13(2)21(20-12)16-6-3-14(4-7-16)11-25-18-8-5-15(19)10-17(18)22(23)24/h3-10H,11H2,1-2H3. The van der Waals surface area contributed by atoms with Crippen molar-refractivity contribution in [3.05, 3.63) is 80.6 Å². The van der Waals surface area contributed by atoms with Crippen molar-refractivity contribution in [2.24, 2.45) is 0 Å². The second kappa shape index (κ2) is 6.94. The Labute approximate surface area is 149 Å². The van der Waals surface area contributed by atoms with Crippen molar-refractivity contribution in [3.63, 3.8) is 0 Å². The first kappa shape index (κ1) is 17.0. The van der Waals surface area contributed by atoms with E-state index in [1.54, 1.807) is 6.07 Å². The summed E-state index contributed by atoms with van der Waals surface area (Å²) < 4.78 is 7.46. The molecule has 0 spiro atoms. The maximum absolute atomic E-state index is 11.1. The van der Waals surface area contributed by atoms with Gasteiger partial charge in [0.1, 0.15) is 6.61 Å². The molecule has 3 rings (SSSR count). The molecule has 0 aliphatic heterocycles. The number of rotatable bonds is 5. The highest BCUT2D eigenvalue weighted by Gasteiger charge is 2.15. The summed E-state index contributed by atoms with van der Waals surface area (Å²) in [5, 5.41) is 15.8. The van der Waals surface area contributed by atoms with Gasteiger partial charge in [0.05, 0.1) is 16.3 Å². The van der Waals surface area contributed by atoms with Gasteiger partial charge in [0.15, 0.2) is 5.75 Å². The molecule has 0 aliphatic rings. The zero-order valence-electron chi connectivity index (χ0n) is 13.8. The van der Waals surface area contributed by atoms with Crippen LogP contribution in [0, 0.1) is 24.0 Å². The Balaban J connectivity index is 1.75. The fraction of sp³-hybridized carbons (Fsp3) is 0.167. The summed E-state index contributed by atoms with van der Waals surface area (Å²) in [6.45, 7) is 4.17. The number of hydrogen-bond acceptors (Lipinski definition) is 4. The Hall–Kier alpha value is -2.86. The van der Waals surface area contributed by atoms with E-state index in [1.165, 1.54) is 12.1 Å². The van der Waals surface area contributed by atoms with Crippen LogP contribution in [0.2, 0.25) is 5.02 Å². The largest absolute Gasteiger partial charge is 0.482 e. The molecule has 0 atom stereocenters. The van der Waals surface area contributed by atoms with Gasteiger partial charge in [0, 0.05) is 16.8 Å². The molecular formula is C18H16ClN3O3. The number of hydrogen-bond donors (Lipinski definition) is 0. The van der Waals surface area contributed by atoms with Gasteiger partial charge >= 0.3 is 5.69 Å². The molecule has 1 heterocycles. The van der Waals surface area contributed by atoms with Crippen molar-refractivity contribution in [1.29, 1.82) is 0 Å². The van der Waals surface area contributed by atoms with E-state index in [0.717, 1.165) is 22.6 Å². The molecule has 1 aromatic heterocycles. The third-order valence-electron chi connectivity index (χ3n) is 3.70. The van der Waals surface area contributed by atoms with Crippen LogP contribution in [0.15, 0.2) is 48.5 Å². The summed E-state index contributed by atoms with van der Waals surface area (Å²) >= 11 is 5.80. The van der Waals surface area contributed by atoms with Gasteiger partial charge < -0.3 is 4.74 Å². The number of nitro groups is 1. The first-order chi connectivity index (χ1) is 11.9. The summed E-state index contributed by atoms with van der Waals surface area (Å²) in [5.74, 6) is 0.192. The fourth-order valence-electron chi connectivity index (χ4n) is 2.54. The molecule has 0 aliphatic carbocycles. The van der Waals surface area contributed by atoms with Gasteiger partial charge in [-0.3, -0.25) is 10.1 Å². The lowest BCUT2D eigenvalue weighted by Gasteiger charge is -2.09. The van der Waals surface area contributed by atoms with Gasteiger partial charge in [-0.25, -0.2) is 4.68 Å². The molecule has 0 N–H and O–H groups in total. The zero-order valence-corrected chi connectivity index (χ0v) is 14.5. The van der Waals surface area contributed by atoms with E-state index < -0.39 is 4.92 Å². The van der Waals surface area contributed by atoms with Crippen molar-refractivity contribution in [3.8, 4) is 11.4 Å². The molecule has 3 aromatic rings. The molecule has 0 amide bonds. The fourth-order valence-corrected chi connectivity index (χ4v) is 2.71. The molecule has 7 heteroatoms. The van der Waals surface area contributed by atoms with Gasteiger partial charge in [0.2, 0.25) is 0 Å². The first-order valence-electron chi connectivity index (χ1n) is 7.63. The minimum absolute atomic E-state index is 0.147. The number of benzene rings is 2. The number of aromatic nitrogens is 2. The minimum atomic E-state index is -0.507. The summed E-state index contributed by atoms with van der Waals surface area (Å²) in [7, 11) is 0. The minimum Gasteiger partial charge on any atom is -0.482 e. The monoisotopic (exact) mass is 357 g/mol. The highest BCUT2D eigenvalue weighted by Crippen LogP contribution is 2.30. The predicted octanol–water partition coefficient (Wildman–Crippen LogP) is 4.63. The van der Waals surface area contributed by atoms with Crippen LogP contribution in [0.4, 0.5) is 5.69 Å². The molecular weight excluding hydrogens is 342 g/mol. The number of halogens is 1. The maximum Gasteiger partial charge on any atom is 0.312 e. The summed E-state index contributed by atoms with van der Waals surface area (Å²) in [4.78, 5) is 10.6. The van der Waals surface area contributed by atoms with Crippen LogP contribution >= 0.6 is 11.6 Å². The SMILES string of the molecule is Cc1cc(C)n(-c2ccc(COc3ccc(Cl)cc3[N+](=O)[O-])cc2)n1. The smallest absolute Gasteiger partial charge is 0.312 e. The predicted molar refractivity (Wildman–Crippen MR) is 95.5 cm³/mol. The lowest BCUT2D eigenvalue weighted by molar-refractivity contribution is -0.385. The van der Waals surface area contributed by atoms with E-state index in [-0.39, 0.29) is 18.0 Å². The Morgan fingerprint density at radius 3 is 2.48 bits per heavy atom. The molecule has 6 nitrogen and oxygen atoms in total. The van der Waals surface area contributed by atoms with E-state index in [4.69, 9.17) is 16.3 Å². The molecule has 128 valence electrons. The van der Waals surface area contributed by atoms with Crippen LogP contribution in [-0.4, -0.2) is 14.7 Å². The molecule has 25 heavy (non-hydrogen) atoms. The van der Waals surface area contributed by atoms with E-state index in [9.17, 15) is 10.1 Å². The topological polar surface area (TPSA) is 70.2 Å². The first-order valence-corrected chi connectivity index (χ1v) is 8.01. The molecule has 0 radical (unpaired) electrons. The Morgan fingerprint density at radius 2 is 1.88 bits per heavy atom. The molecule has 0 fully saturated rings. The Bertz CT molecular complexity index is 920. The molecule has 2 aromatic carbocycles. The number of nitro benzene ring substituents is 1. The number of nitrogens with zero attached hydrogens (tertiary/aromatic N) is 3. The van der Waals surface area contributed by atoms with Crippen molar-refractivity contribution in [1.82, 2.24) is 9.78 Å². The summed E-state index contributed by atoms with van der Waals surface area (Å²) in [6.07, 6.45) is 0. The zero-order chi connectivity index (χ0) is 18.0. The maximum atomic E-state index is 11.1. The van der Waals surface area contributed by atoms with E-state index in [0.29, 0.717) is 5.02 Å². The Kier molecular flexibility index (Phi) is 4.72. The van der Waals surface area contributed by atoms with Crippen LogP contribution in [0.5, 0.6) is 5.75 Å². The van der Waals surface area contributed by atoms with Crippen LogP contribution < -0.4 is 4.74 Å². The lowest BCUT2D eigenvalue weighted by Crippen LogP contribution is -2.01. The average molecular weight is 358 g/mol. The van der Waals surface area contributed by atoms with Crippen LogP contribution in [0.3, 0.4) is 0 Å². The van der Waals surface area contributed by atoms with Gasteiger partial charge in [-0.15, -0.1) is 0 Å². The van der Waals surface area contributed by atoms with Gasteiger partial charge in [-0.1, -0.05) is 23.7 Å². The highest BCUT2D eigenvalue weighted by molar-refractivity contribution is 6.30. The Morgan fingerprint density at radius 1 is 1.16 bits per heavy atom. The van der Waals surface area contributed by atoms with Crippen LogP contribution in [-0.2, 0) is 6.61 Å².